The van der Waals surface area contributed by atoms with Crippen LogP contribution in [0.25, 0.3) is 0 Å². The smallest absolute Gasteiger partial charge is 0.317 e. The Morgan fingerprint density at radius 2 is 1.91 bits per heavy atom. The van der Waals surface area contributed by atoms with E-state index < -0.39 is 0 Å². The summed E-state index contributed by atoms with van der Waals surface area (Å²) in [5, 5.41) is 3.03. The predicted octanol–water partition coefficient (Wildman–Crippen LogP) is 4.63. The molecule has 0 bridgehead atoms. The Morgan fingerprint density at radius 1 is 1.23 bits per heavy atom. The molecule has 0 fully saturated rings. The predicted molar refractivity (Wildman–Crippen MR) is 96.4 cm³/mol. The number of amides is 2. The first kappa shape index (κ1) is 17.0. The van der Waals surface area contributed by atoms with E-state index in [9.17, 15) is 4.79 Å². The van der Waals surface area contributed by atoms with Gasteiger partial charge in [-0.2, -0.15) is 0 Å². The maximum Gasteiger partial charge on any atom is 0.317 e. The zero-order valence-electron chi connectivity index (χ0n) is 13.1. The topological polar surface area (TPSA) is 32.3 Å². The van der Waals surface area contributed by atoms with Gasteiger partial charge in [0.15, 0.2) is 0 Å². The van der Waals surface area contributed by atoms with Gasteiger partial charge >= 0.3 is 6.03 Å². The fourth-order valence-electron chi connectivity index (χ4n) is 2.17. The molecule has 0 radical (unpaired) electrons. The molecule has 0 saturated carbocycles. The lowest BCUT2D eigenvalue weighted by atomic mass is 9.85. The normalized spacial score (nSPS) is 11.3. The summed E-state index contributed by atoms with van der Waals surface area (Å²) < 4.78 is 1.08. The van der Waals surface area contributed by atoms with Crippen molar-refractivity contribution in [1.29, 1.82) is 0 Å². The standard InChI is InChI=1S/C17H21BrN2OS/c1-17(2,13-7-5-4-6-8-13)12-19-16(21)20(3)11-14-9-10-15(18)22-14/h4-10H,11-12H2,1-3H3,(H,19,21). The maximum atomic E-state index is 12.2. The van der Waals surface area contributed by atoms with Gasteiger partial charge in [0.1, 0.15) is 0 Å². The molecule has 118 valence electrons. The summed E-state index contributed by atoms with van der Waals surface area (Å²) >= 11 is 5.09. The fourth-order valence-corrected chi connectivity index (χ4v) is 3.70. The highest BCUT2D eigenvalue weighted by atomic mass is 79.9. The third kappa shape index (κ3) is 4.58. The van der Waals surface area contributed by atoms with Crippen molar-refractivity contribution in [3.8, 4) is 0 Å². The van der Waals surface area contributed by atoms with Crippen molar-refractivity contribution < 1.29 is 4.79 Å². The molecule has 1 heterocycles. The first-order valence-corrected chi connectivity index (χ1v) is 8.78. The first-order valence-electron chi connectivity index (χ1n) is 7.17. The number of carbonyl (C=O) groups excluding carboxylic acids is 1. The van der Waals surface area contributed by atoms with E-state index in [2.05, 4.69) is 47.2 Å². The van der Waals surface area contributed by atoms with E-state index in [1.165, 1.54) is 5.56 Å². The Labute approximate surface area is 144 Å². The number of thiophene rings is 1. The van der Waals surface area contributed by atoms with Crippen LogP contribution in [0.2, 0.25) is 0 Å². The summed E-state index contributed by atoms with van der Waals surface area (Å²) in [5.74, 6) is 0. The molecule has 2 aromatic rings. The van der Waals surface area contributed by atoms with Crippen LogP contribution in [0.1, 0.15) is 24.3 Å². The number of benzene rings is 1. The van der Waals surface area contributed by atoms with E-state index in [1.54, 1.807) is 16.2 Å². The van der Waals surface area contributed by atoms with Crippen LogP contribution in [-0.4, -0.2) is 24.5 Å². The summed E-state index contributed by atoms with van der Waals surface area (Å²) in [6.07, 6.45) is 0. The van der Waals surface area contributed by atoms with Gasteiger partial charge in [0.2, 0.25) is 0 Å². The number of nitrogens with one attached hydrogen (secondary N) is 1. The lowest BCUT2D eigenvalue weighted by Crippen LogP contribution is -2.42. The minimum Gasteiger partial charge on any atom is -0.337 e. The van der Waals surface area contributed by atoms with Crippen LogP contribution >= 0.6 is 27.3 Å². The average molecular weight is 381 g/mol. The third-order valence-corrected chi connectivity index (χ3v) is 5.21. The number of halogens is 1. The van der Waals surface area contributed by atoms with E-state index >= 15 is 0 Å². The Bertz CT molecular complexity index is 625. The maximum absolute atomic E-state index is 12.2. The van der Waals surface area contributed by atoms with Gasteiger partial charge in [-0.3, -0.25) is 0 Å². The Morgan fingerprint density at radius 3 is 2.50 bits per heavy atom. The van der Waals surface area contributed by atoms with Crippen molar-refractivity contribution in [2.24, 2.45) is 0 Å². The van der Waals surface area contributed by atoms with Crippen molar-refractivity contribution in [3.63, 3.8) is 0 Å². The van der Waals surface area contributed by atoms with Gasteiger partial charge in [0.05, 0.1) is 10.3 Å². The van der Waals surface area contributed by atoms with Crippen LogP contribution in [-0.2, 0) is 12.0 Å². The minimum absolute atomic E-state index is 0.0477. The summed E-state index contributed by atoms with van der Waals surface area (Å²) in [7, 11) is 1.82. The Hall–Kier alpha value is -1.33. The quantitative estimate of drug-likeness (QED) is 0.805. The molecule has 22 heavy (non-hydrogen) atoms. The molecule has 2 rings (SSSR count). The summed E-state index contributed by atoms with van der Waals surface area (Å²) in [6, 6.07) is 14.2. The number of carbonyl (C=O) groups is 1. The largest absolute Gasteiger partial charge is 0.337 e. The van der Waals surface area contributed by atoms with Gasteiger partial charge in [-0.1, -0.05) is 44.2 Å². The molecular weight excluding hydrogens is 360 g/mol. The van der Waals surface area contributed by atoms with Crippen LogP contribution in [0.5, 0.6) is 0 Å². The Kier molecular flexibility index (Phi) is 5.64. The van der Waals surface area contributed by atoms with Crippen molar-refractivity contribution in [2.75, 3.05) is 13.6 Å². The first-order chi connectivity index (χ1) is 10.4. The van der Waals surface area contributed by atoms with E-state index in [1.807, 2.05) is 37.4 Å². The number of urea groups is 1. The zero-order chi connectivity index (χ0) is 16.2. The number of rotatable bonds is 5. The highest BCUT2D eigenvalue weighted by Crippen LogP contribution is 2.23. The molecule has 1 aromatic heterocycles. The van der Waals surface area contributed by atoms with Gasteiger partial charge in [-0.25, -0.2) is 4.79 Å². The second-order valence-electron chi connectivity index (χ2n) is 5.97. The highest BCUT2D eigenvalue weighted by Gasteiger charge is 2.22. The number of hydrogen-bond acceptors (Lipinski definition) is 2. The summed E-state index contributed by atoms with van der Waals surface area (Å²) in [6.45, 7) is 5.50. The van der Waals surface area contributed by atoms with Crippen LogP contribution < -0.4 is 5.32 Å². The van der Waals surface area contributed by atoms with Gasteiger partial charge in [-0.15, -0.1) is 11.3 Å². The number of hydrogen-bond donors (Lipinski definition) is 1. The molecule has 0 saturated heterocycles. The second kappa shape index (κ2) is 7.29. The molecule has 3 nitrogen and oxygen atoms in total. The average Bonchev–Trinajstić information content (AvgIpc) is 2.91. The van der Waals surface area contributed by atoms with Crippen LogP contribution in [0.4, 0.5) is 4.79 Å². The number of nitrogens with zero attached hydrogens (tertiary/aromatic N) is 1. The van der Waals surface area contributed by atoms with Crippen molar-refractivity contribution in [1.82, 2.24) is 10.2 Å². The SMILES string of the molecule is CN(Cc1ccc(Br)s1)C(=O)NCC(C)(C)c1ccccc1. The lowest BCUT2D eigenvalue weighted by Gasteiger charge is -2.27. The molecule has 0 aliphatic carbocycles. The Balaban J connectivity index is 1.89. The van der Waals surface area contributed by atoms with Gasteiger partial charge in [0.25, 0.3) is 0 Å². The van der Waals surface area contributed by atoms with Crippen LogP contribution in [0.3, 0.4) is 0 Å². The van der Waals surface area contributed by atoms with Gasteiger partial charge < -0.3 is 10.2 Å². The molecule has 5 heteroatoms. The highest BCUT2D eigenvalue weighted by molar-refractivity contribution is 9.11. The molecule has 0 unspecified atom stereocenters. The minimum atomic E-state index is -0.0935. The zero-order valence-corrected chi connectivity index (χ0v) is 15.5. The molecular formula is C17H21BrN2OS. The lowest BCUT2D eigenvalue weighted by molar-refractivity contribution is 0.205. The van der Waals surface area contributed by atoms with E-state index in [0.717, 1.165) is 8.66 Å². The van der Waals surface area contributed by atoms with Crippen molar-refractivity contribution >= 4 is 33.3 Å². The van der Waals surface area contributed by atoms with E-state index in [0.29, 0.717) is 13.1 Å². The summed E-state index contributed by atoms with van der Waals surface area (Å²) in [5.41, 5.74) is 1.13. The molecule has 1 aromatic carbocycles. The van der Waals surface area contributed by atoms with E-state index in [-0.39, 0.29) is 11.4 Å². The van der Waals surface area contributed by atoms with Crippen LogP contribution in [0, 0.1) is 0 Å². The fraction of sp³-hybridized carbons (Fsp3) is 0.353. The molecule has 0 aliphatic rings. The van der Waals surface area contributed by atoms with Gasteiger partial charge in [-0.05, 0) is 33.6 Å². The van der Waals surface area contributed by atoms with Crippen LogP contribution in [0.15, 0.2) is 46.3 Å². The molecule has 0 atom stereocenters. The van der Waals surface area contributed by atoms with E-state index in [4.69, 9.17) is 0 Å². The molecule has 1 N–H and O–H groups in total. The second-order valence-corrected chi connectivity index (χ2v) is 8.52. The van der Waals surface area contributed by atoms with Crippen molar-refractivity contribution in [2.45, 2.75) is 25.8 Å². The van der Waals surface area contributed by atoms with Crippen molar-refractivity contribution in [3.05, 3.63) is 56.7 Å². The monoisotopic (exact) mass is 380 g/mol. The summed E-state index contributed by atoms with van der Waals surface area (Å²) in [4.78, 5) is 15.1. The molecule has 0 spiro atoms. The molecule has 0 aliphatic heterocycles. The third-order valence-electron chi connectivity index (χ3n) is 3.61. The molecule has 2 amide bonds. The van der Waals surface area contributed by atoms with Gasteiger partial charge in [0, 0.05) is 23.9 Å².